The van der Waals surface area contributed by atoms with Gasteiger partial charge >= 0.3 is 0 Å². The van der Waals surface area contributed by atoms with Crippen LogP contribution in [0, 0.1) is 0 Å². The van der Waals surface area contributed by atoms with Crippen LogP contribution in [0.4, 0.5) is 0 Å². The Balaban J connectivity index is 3.28. The maximum absolute atomic E-state index is 11.4. The minimum absolute atomic E-state index is 0.0503. The number of unbranched alkanes of at least 4 members (excludes halogenated alkanes) is 2. The first-order valence-corrected chi connectivity index (χ1v) is 6.81. The molecule has 1 amide bonds. The normalized spacial score (nSPS) is 11.9. The summed E-state index contributed by atoms with van der Waals surface area (Å²) in [5, 5.41) is 2.86. The number of hydrogen-bond acceptors (Lipinski definition) is 3. The maximum Gasteiger partial charge on any atom is 0.246 e. The summed E-state index contributed by atoms with van der Waals surface area (Å²) in [6, 6.07) is 0. The molecule has 0 saturated heterocycles. The van der Waals surface area contributed by atoms with Crippen LogP contribution in [0.25, 0.3) is 0 Å². The number of ether oxygens (including phenoxy) is 2. The van der Waals surface area contributed by atoms with Gasteiger partial charge in [-0.3, -0.25) is 4.79 Å². The van der Waals surface area contributed by atoms with Gasteiger partial charge in [0.2, 0.25) is 5.91 Å². The summed E-state index contributed by atoms with van der Waals surface area (Å²) in [4.78, 5) is 11.4. The Bertz CT molecular complexity index is 222. The van der Waals surface area contributed by atoms with Gasteiger partial charge in [0.25, 0.3) is 0 Å². The third-order valence-electron chi connectivity index (χ3n) is 2.13. The Kier molecular flexibility index (Phi) is 9.02. The van der Waals surface area contributed by atoms with Crippen molar-refractivity contribution in [2.24, 2.45) is 0 Å². The van der Waals surface area contributed by atoms with E-state index in [1.54, 1.807) is 0 Å². The summed E-state index contributed by atoms with van der Waals surface area (Å²) >= 11 is 0. The van der Waals surface area contributed by atoms with E-state index in [-0.39, 0.29) is 18.1 Å². The molecule has 0 aromatic heterocycles. The highest BCUT2D eigenvalue weighted by Gasteiger charge is 2.13. The highest BCUT2D eigenvalue weighted by atomic mass is 16.5. The lowest BCUT2D eigenvalue weighted by Gasteiger charge is -2.20. The topological polar surface area (TPSA) is 47.6 Å². The molecule has 0 aliphatic carbocycles. The highest BCUT2D eigenvalue weighted by Crippen LogP contribution is 2.00. The minimum Gasteiger partial charge on any atom is -0.379 e. The van der Waals surface area contributed by atoms with Gasteiger partial charge in [0, 0.05) is 18.8 Å². The van der Waals surface area contributed by atoms with Crippen molar-refractivity contribution in [3.8, 4) is 0 Å². The van der Waals surface area contributed by atoms with Gasteiger partial charge in [0.15, 0.2) is 0 Å². The molecule has 0 aromatic rings. The number of amides is 1. The van der Waals surface area contributed by atoms with E-state index in [1.807, 2.05) is 34.6 Å². The summed E-state index contributed by atoms with van der Waals surface area (Å²) in [5.74, 6) is -0.0503. The lowest BCUT2D eigenvalue weighted by atomic mass is 10.1. The van der Waals surface area contributed by atoms with Gasteiger partial charge in [-0.15, -0.1) is 0 Å². The highest BCUT2D eigenvalue weighted by molar-refractivity contribution is 5.77. The molecule has 108 valence electrons. The predicted molar refractivity (Wildman–Crippen MR) is 73.7 cm³/mol. The van der Waals surface area contributed by atoms with E-state index in [4.69, 9.17) is 9.47 Å². The van der Waals surface area contributed by atoms with Crippen molar-refractivity contribution in [1.82, 2.24) is 5.32 Å². The summed E-state index contributed by atoms with van der Waals surface area (Å²) in [5.41, 5.74) is -0.186. The molecule has 0 aliphatic rings. The molecule has 4 nitrogen and oxygen atoms in total. The van der Waals surface area contributed by atoms with E-state index in [9.17, 15) is 4.79 Å². The van der Waals surface area contributed by atoms with Crippen LogP contribution in [0.2, 0.25) is 0 Å². The molecule has 4 heteroatoms. The van der Waals surface area contributed by atoms with Crippen LogP contribution in [-0.2, 0) is 14.3 Å². The standard InChI is InChI=1S/C14H29NO3/c1-12(2)18-10-8-6-7-9-17-11-13(16)15-14(3,4)5/h12H,6-11H2,1-5H3,(H,15,16). The second-order valence-corrected chi connectivity index (χ2v) is 5.83. The summed E-state index contributed by atoms with van der Waals surface area (Å²) in [7, 11) is 0. The fraction of sp³-hybridized carbons (Fsp3) is 0.929. The van der Waals surface area contributed by atoms with Crippen molar-refractivity contribution >= 4 is 5.91 Å². The molecule has 0 spiro atoms. The number of carbonyl (C=O) groups excluding carboxylic acids is 1. The molecule has 0 radical (unpaired) electrons. The SMILES string of the molecule is CC(C)OCCCCCOCC(=O)NC(C)(C)C. The second kappa shape index (κ2) is 9.34. The first kappa shape index (κ1) is 17.4. The Labute approximate surface area is 111 Å². The van der Waals surface area contributed by atoms with Gasteiger partial charge < -0.3 is 14.8 Å². The van der Waals surface area contributed by atoms with Gasteiger partial charge in [-0.1, -0.05) is 0 Å². The Morgan fingerprint density at radius 3 is 2.28 bits per heavy atom. The van der Waals surface area contributed by atoms with Gasteiger partial charge in [-0.05, 0) is 53.9 Å². The molecule has 0 aliphatic heterocycles. The lowest BCUT2D eigenvalue weighted by molar-refractivity contribution is -0.127. The molecule has 0 aromatic carbocycles. The van der Waals surface area contributed by atoms with Crippen LogP contribution in [0.3, 0.4) is 0 Å². The summed E-state index contributed by atoms with van der Waals surface area (Å²) < 4.78 is 10.8. The lowest BCUT2D eigenvalue weighted by Crippen LogP contribution is -2.42. The van der Waals surface area contributed by atoms with Crippen LogP contribution in [0.1, 0.15) is 53.9 Å². The zero-order chi connectivity index (χ0) is 14.0. The van der Waals surface area contributed by atoms with E-state index in [0.717, 1.165) is 25.9 Å². The van der Waals surface area contributed by atoms with Crippen molar-refractivity contribution < 1.29 is 14.3 Å². The molecule has 0 fully saturated rings. The zero-order valence-corrected chi connectivity index (χ0v) is 12.5. The third-order valence-corrected chi connectivity index (χ3v) is 2.13. The van der Waals surface area contributed by atoms with Gasteiger partial charge in [0.05, 0.1) is 6.10 Å². The molecule has 0 unspecified atom stereocenters. The molecule has 0 rings (SSSR count). The van der Waals surface area contributed by atoms with Crippen LogP contribution >= 0.6 is 0 Å². The smallest absolute Gasteiger partial charge is 0.246 e. The van der Waals surface area contributed by atoms with Crippen LogP contribution in [0.15, 0.2) is 0 Å². The Hall–Kier alpha value is -0.610. The molecular formula is C14H29NO3. The fourth-order valence-electron chi connectivity index (χ4n) is 1.42. The quantitative estimate of drug-likeness (QED) is 0.647. The monoisotopic (exact) mass is 259 g/mol. The van der Waals surface area contributed by atoms with Gasteiger partial charge in [-0.25, -0.2) is 0 Å². The number of hydrogen-bond donors (Lipinski definition) is 1. The fourth-order valence-corrected chi connectivity index (χ4v) is 1.42. The van der Waals surface area contributed by atoms with Crippen LogP contribution < -0.4 is 5.32 Å². The van der Waals surface area contributed by atoms with Crippen molar-refractivity contribution in [3.63, 3.8) is 0 Å². The average molecular weight is 259 g/mol. The molecule has 0 saturated carbocycles. The average Bonchev–Trinajstić information content (AvgIpc) is 2.18. The van der Waals surface area contributed by atoms with E-state index < -0.39 is 0 Å². The number of carbonyl (C=O) groups is 1. The van der Waals surface area contributed by atoms with Crippen molar-refractivity contribution in [2.45, 2.75) is 65.5 Å². The molecule has 0 heterocycles. The first-order valence-electron chi connectivity index (χ1n) is 6.81. The molecule has 18 heavy (non-hydrogen) atoms. The number of rotatable bonds is 9. The van der Waals surface area contributed by atoms with Crippen molar-refractivity contribution in [2.75, 3.05) is 19.8 Å². The Morgan fingerprint density at radius 1 is 1.11 bits per heavy atom. The second-order valence-electron chi connectivity index (χ2n) is 5.83. The number of nitrogens with one attached hydrogen (secondary N) is 1. The van der Waals surface area contributed by atoms with Crippen molar-refractivity contribution in [1.29, 1.82) is 0 Å². The zero-order valence-electron chi connectivity index (χ0n) is 12.5. The van der Waals surface area contributed by atoms with E-state index in [0.29, 0.717) is 12.7 Å². The third kappa shape index (κ3) is 13.5. The predicted octanol–water partition coefficient (Wildman–Crippen LogP) is 2.51. The molecular weight excluding hydrogens is 230 g/mol. The van der Waals surface area contributed by atoms with Crippen molar-refractivity contribution in [3.05, 3.63) is 0 Å². The van der Waals surface area contributed by atoms with Crippen LogP contribution in [0.5, 0.6) is 0 Å². The van der Waals surface area contributed by atoms with E-state index in [2.05, 4.69) is 5.32 Å². The van der Waals surface area contributed by atoms with Gasteiger partial charge in [-0.2, -0.15) is 0 Å². The molecule has 0 atom stereocenters. The first-order chi connectivity index (χ1) is 8.31. The minimum atomic E-state index is -0.186. The Morgan fingerprint density at radius 2 is 1.72 bits per heavy atom. The molecule has 0 bridgehead atoms. The summed E-state index contributed by atoms with van der Waals surface area (Å²) in [6.45, 7) is 11.5. The van der Waals surface area contributed by atoms with E-state index >= 15 is 0 Å². The molecule has 1 N–H and O–H groups in total. The van der Waals surface area contributed by atoms with Gasteiger partial charge in [0.1, 0.15) is 6.61 Å². The largest absolute Gasteiger partial charge is 0.379 e. The summed E-state index contributed by atoms with van der Waals surface area (Å²) in [6.07, 6.45) is 3.41. The van der Waals surface area contributed by atoms with Crippen LogP contribution in [-0.4, -0.2) is 37.4 Å². The maximum atomic E-state index is 11.4. The van der Waals surface area contributed by atoms with E-state index in [1.165, 1.54) is 0 Å².